The van der Waals surface area contributed by atoms with E-state index >= 15 is 0 Å². The molecule has 0 aliphatic carbocycles. The highest BCUT2D eigenvalue weighted by molar-refractivity contribution is 5.66. The van der Waals surface area contributed by atoms with E-state index in [0.717, 1.165) is 12.8 Å². The van der Waals surface area contributed by atoms with Crippen molar-refractivity contribution >= 4 is 0 Å². The van der Waals surface area contributed by atoms with Crippen LogP contribution in [-0.2, 0) is 19.3 Å². The van der Waals surface area contributed by atoms with Crippen LogP contribution in [0.4, 0.5) is 0 Å². The Morgan fingerprint density at radius 2 is 1.27 bits per heavy atom. The molecule has 0 heterocycles. The van der Waals surface area contributed by atoms with Gasteiger partial charge >= 0.3 is 0 Å². The molecule has 26 heavy (non-hydrogen) atoms. The third kappa shape index (κ3) is 5.08. The summed E-state index contributed by atoms with van der Waals surface area (Å²) in [4.78, 5) is 0. The fraction of sp³-hybridized carbons (Fsp3) is 0.308. The smallest absolute Gasteiger partial charge is 0.0179 e. The molecule has 134 valence electrons. The summed E-state index contributed by atoms with van der Waals surface area (Å²) in [7, 11) is 0. The van der Waals surface area contributed by atoms with E-state index in [1.54, 1.807) is 0 Å². The third-order valence-electron chi connectivity index (χ3n) is 5.11. The summed E-state index contributed by atoms with van der Waals surface area (Å²) < 4.78 is 0. The minimum absolute atomic E-state index is 1.09. The van der Waals surface area contributed by atoms with Crippen molar-refractivity contribution in [2.75, 3.05) is 0 Å². The van der Waals surface area contributed by atoms with Gasteiger partial charge in [0.2, 0.25) is 0 Å². The lowest BCUT2D eigenvalue weighted by atomic mass is 9.96. The molecule has 0 unspecified atom stereocenters. The zero-order chi connectivity index (χ0) is 18.4. The van der Waals surface area contributed by atoms with Gasteiger partial charge in [-0.25, -0.2) is 0 Å². The second-order valence-corrected chi connectivity index (χ2v) is 7.45. The van der Waals surface area contributed by atoms with E-state index in [1.807, 2.05) is 0 Å². The summed E-state index contributed by atoms with van der Waals surface area (Å²) in [5, 5.41) is 0. The highest BCUT2D eigenvalue weighted by Gasteiger charge is 2.03. The summed E-state index contributed by atoms with van der Waals surface area (Å²) in [6.07, 6.45) is 5.92. The van der Waals surface area contributed by atoms with E-state index in [-0.39, 0.29) is 0 Å². The Bertz CT molecular complexity index is 840. The number of aryl methyl sites for hydroxylation is 5. The molecule has 3 aromatic rings. The van der Waals surface area contributed by atoms with Gasteiger partial charge in [0.05, 0.1) is 0 Å². The van der Waals surface area contributed by atoms with Crippen LogP contribution >= 0.6 is 0 Å². The van der Waals surface area contributed by atoms with Gasteiger partial charge in [-0.1, -0.05) is 84.8 Å². The SMILES string of the molecule is CCc1cc(C)cc(-c2cccc(CCCCc3ccc(C)cc3)c2)c1. The van der Waals surface area contributed by atoms with Crippen molar-refractivity contribution < 1.29 is 0 Å². The average Bonchev–Trinajstić information content (AvgIpc) is 2.66. The second kappa shape index (κ2) is 8.85. The van der Waals surface area contributed by atoms with Crippen LogP contribution in [0.5, 0.6) is 0 Å². The van der Waals surface area contributed by atoms with Crippen LogP contribution in [0.2, 0.25) is 0 Å². The van der Waals surface area contributed by atoms with E-state index in [0.29, 0.717) is 0 Å². The molecule has 0 saturated heterocycles. The normalized spacial score (nSPS) is 10.9. The highest BCUT2D eigenvalue weighted by Crippen LogP contribution is 2.24. The molecule has 0 bridgehead atoms. The predicted octanol–water partition coefficient (Wildman–Crippen LogP) is 7.10. The number of unbranched alkanes of at least 4 members (excludes halogenated alkanes) is 1. The molecule has 0 fully saturated rings. The molecular weight excluding hydrogens is 312 g/mol. The molecule has 0 aromatic heterocycles. The lowest BCUT2D eigenvalue weighted by Crippen LogP contribution is -1.91. The zero-order valence-corrected chi connectivity index (χ0v) is 16.4. The van der Waals surface area contributed by atoms with E-state index < -0.39 is 0 Å². The molecule has 0 radical (unpaired) electrons. The van der Waals surface area contributed by atoms with Gasteiger partial charge in [0.25, 0.3) is 0 Å². The van der Waals surface area contributed by atoms with Crippen molar-refractivity contribution in [2.24, 2.45) is 0 Å². The summed E-state index contributed by atoms with van der Waals surface area (Å²) in [6, 6.07) is 25.0. The maximum atomic E-state index is 2.38. The van der Waals surface area contributed by atoms with Gasteiger partial charge in [0, 0.05) is 0 Å². The van der Waals surface area contributed by atoms with Crippen molar-refractivity contribution in [3.8, 4) is 11.1 Å². The first-order valence-electron chi connectivity index (χ1n) is 9.89. The van der Waals surface area contributed by atoms with Gasteiger partial charge < -0.3 is 0 Å². The molecular formula is C26H30. The van der Waals surface area contributed by atoms with Crippen LogP contribution in [-0.4, -0.2) is 0 Å². The average molecular weight is 343 g/mol. The minimum Gasteiger partial charge on any atom is -0.0614 e. The van der Waals surface area contributed by atoms with Crippen LogP contribution in [0.25, 0.3) is 11.1 Å². The maximum Gasteiger partial charge on any atom is -0.0179 e. The monoisotopic (exact) mass is 342 g/mol. The highest BCUT2D eigenvalue weighted by atomic mass is 14.1. The summed E-state index contributed by atoms with van der Waals surface area (Å²) >= 11 is 0. The van der Waals surface area contributed by atoms with E-state index in [4.69, 9.17) is 0 Å². The minimum atomic E-state index is 1.09. The topological polar surface area (TPSA) is 0 Å². The van der Waals surface area contributed by atoms with E-state index in [9.17, 15) is 0 Å². The predicted molar refractivity (Wildman–Crippen MR) is 114 cm³/mol. The fourth-order valence-corrected chi connectivity index (χ4v) is 3.55. The van der Waals surface area contributed by atoms with Gasteiger partial charge in [-0.2, -0.15) is 0 Å². The molecule has 0 amide bonds. The van der Waals surface area contributed by atoms with Crippen molar-refractivity contribution in [3.63, 3.8) is 0 Å². The Hall–Kier alpha value is -2.34. The van der Waals surface area contributed by atoms with Crippen molar-refractivity contribution in [1.29, 1.82) is 0 Å². The number of benzene rings is 3. The fourth-order valence-electron chi connectivity index (χ4n) is 3.55. The quantitative estimate of drug-likeness (QED) is 0.402. The first-order chi connectivity index (χ1) is 12.6. The molecule has 3 rings (SSSR count). The Morgan fingerprint density at radius 1 is 0.577 bits per heavy atom. The molecule has 0 atom stereocenters. The Morgan fingerprint density at radius 3 is 2.00 bits per heavy atom. The van der Waals surface area contributed by atoms with Gasteiger partial charge in [-0.3, -0.25) is 0 Å². The van der Waals surface area contributed by atoms with Crippen molar-refractivity contribution in [1.82, 2.24) is 0 Å². The summed E-state index contributed by atoms with van der Waals surface area (Å²) in [6.45, 7) is 6.56. The van der Waals surface area contributed by atoms with Crippen molar-refractivity contribution in [3.05, 3.63) is 94.5 Å². The Labute approximate surface area is 158 Å². The first kappa shape index (κ1) is 18.5. The van der Waals surface area contributed by atoms with Crippen LogP contribution in [0.1, 0.15) is 47.6 Å². The largest absolute Gasteiger partial charge is 0.0614 e. The molecule has 0 N–H and O–H groups in total. The Kier molecular flexibility index (Phi) is 6.28. The van der Waals surface area contributed by atoms with Crippen LogP contribution in [0.15, 0.2) is 66.7 Å². The third-order valence-corrected chi connectivity index (χ3v) is 5.11. The van der Waals surface area contributed by atoms with Gasteiger partial charge in [0.1, 0.15) is 0 Å². The standard InChI is InChI=1S/C26H30/c1-4-22-16-21(3)17-26(18-22)25-11-7-10-24(19-25)9-6-5-8-23-14-12-20(2)13-15-23/h7,10-19H,4-6,8-9H2,1-3H3. The number of rotatable bonds is 7. The van der Waals surface area contributed by atoms with Gasteiger partial charge in [-0.05, 0) is 73.8 Å². The van der Waals surface area contributed by atoms with Crippen LogP contribution in [0, 0.1) is 13.8 Å². The zero-order valence-electron chi connectivity index (χ0n) is 16.4. The van der Waals surface area contributed by atoms with Crippen LogP contribution in [0.3, 0.4) is 0 Å². The molecule has 0 aliphatic heterocycles. The second-order valence-electron chi connectivity index (χ2n) is 7.45. The maximum absolute atomic E-state index is 2.38. The lowest BCUT2D eigenvalue weighted by molar-refractivity contribution is 0.734. The van der Waals surface area contributed by atoms with Gasteiger partial charge in [0.15, 0.2) is 0 Å². The van der Waals surface area contributed by atoms with Crippen molar-refractivity contribution in [2.45, 2.75) is 52.9 Å². The molecule has 0 spiro atoms. The molecule has 0 heteroatoms. The van der Waals surface area contributed by atoms with Crippen LogP contribution < -0.4 is 0 Å². The number of hydrogen-bond acceptors (Lipinski definition) is 0. The summed E-state index contributed by atoms with van der Waals surface area (Å²) in [5.41, 5.74) is 9.71. The Balaban J connectivity index is 1.60. The lowest BCUT2D eigenvalue weighted by Gasteiger charge is -2.09. The van der Waals surface area contributed by atoms with E-state index in [1.165, 1.54) is 58.2 Å². The van der Waals surface area contributed by atoms with E-state index in [2.05, 4.69) is 87.5 Å². The molecule has 0 nitrogen and oxygen atoms in total. The van der Waals surface area contributed by atoms with Gasteiger partial charge in [-0.15, -0.1) is 0 Å². The molecule has 0 saturated carbocycles. The first-order valence-corrected chi connectivity index (χ1v) is 9.89. The summed E-state index contributed by atoms with van der Waals surface area (Å²) in [5.74, 6) is 0. The molecule has 3 aromatic carbocycles. The number of hydrogen-bond donors (Lipinski definition) is 0. The molecule has 0 aliphatic rings.